The number of fused-ring (bicyclic) bond motifs is 2. The van der Waals surface area contributed by atoms with Crippen molar-refractivity contribution in [3.05, 3.63) is 82.3 Å². The predicted octanol–water partition coefficient (Wildman–Crippen LogP) is 5.46. The second kappa shape index (κ2) is 11.7. The zero-order chi connectivity index (χ0) is 28.5. The van der Waals surface area contributed by atoms with E-state index in [-0.39, 0.29) is 5.91 Å². The van der Waals surface area contributed by atoms with Crippen molar-refractivity contribution in [3.8, 4) is 17.0 Å². The molecule has 2 fully saturated rings. The molecule has 1 aliphatic heterocycles. The van der Waals surface area contributed by atoms with Gasteiger partial charge in [-0.05, 0) is 79.8 Å². The summed E-state index contributed by atoms with van der Waals surface area (Å²) in [5.41, 5.74) is 5.75. The number of thiazole rings is 1. The van der Waals surface area contributed by atoms with E-state index in [4.69, 9.17) is 9.72 Å². The maximum Gasteiger partial charge on any atom is 0.254 e. The van der Waals surface area contributed by atoms with Crippen molar-refractivity contribution in [2.45, 2.75) is 39.8 Å². The Kier molecular flexibility index (Phi) is 7.81. The number of piperidine rings is 1. The Morgan fingerprint density at radius 2 is 1.98 bits per heavy atom. The highest BCUT2D eigenvalue weighted by Gasteiger charge is 2.42. The van der Waals surface area contributed by atoms with E-state index < -0.39 is 0 Å². The molecule has 1 unspecified atom stereocenters. The number of aliphatic hydroxyl groups excluding tert-OH is 1. The van der Waals surface area contributed by atoms with Crippen LogP contribution in [0.3, 0.4) is 0 Å². The summed E-state index contributed by atoms with van der Waals surface area (Å²) in [7, 11) is 1.78. The largest absolute Gasteiger partial charge is 0.488 e. The number of anilines is 1. The van der Waals surface area contributed by atoms with Crippen molar-refractivity contribution in [1.29, 1.82) is 0 Å². The normalized spacial score (nSPS) is 19.9. The molecule has 214 valence electrons. The summed E-state index contributed by atoms with van der Waals surface area (Å²) in [5.74, 6) is 3.06. The van der Waals surface area contributed by atoms with Crippen LogP contribution in [0.4, 0.5) is 5.13 Å². The highest BCUT2D eigenvalue weighted by Crippen LogP contribution is 2.44. The van der Waals surface area contributed by atoms with Crippen LogP contribution in [0, 0.1) is 31.6 Å². The molecular weight excluding hydrogens is 534 g/mol. The van der Waals surface area contributed by atoms with Gasteiger partial charge in [0.15, 0.2) is 5.13 Å². The standard InChI is InChI=1S/C32H37N5O3S/c1-20-4-9-29(26(12-20)28-19-41-32(35-28)37-14-23-6-7-24(15-37)27(23)17-38)40-18-25-8-5-22(13-21(25)2)31(39)36(3)16-30-33-10-11-34-30/h4-5,8-13,19,23-24,27,38H,6-7,14-18H2,1-3H3,(H,33,34)/t23-,24+,27?. The van der Waals surface area contributed by atoms with Gasteiger partial charge >= 0.3 is 0 Å². The highest BCUT2D eigenvalue weighted by molar-refractivity contribution is 7.14. The van der Waals surface area contributed by atoms with Gasteiger partial charge in [0.1, 0.15) is 18.2 Å². The fourth-order valence-electron chi connectivity index (χ4n) is 6.34. The van der Waals surface area contributed by atoms with Crippen molar-refractivity contribution in [2.24, 2.45) is 17.8 Å². The van der Waals surface area contributed by atoms with E-state index in [0.29, 0.717) is 43.1 Å². The van der Waals surface area contributed by atoms with E-state index in [2.05, 4.69) is 39.3 Å². The van der Waals surface area contributed by atoms with E-state index in [0.717, 1.165) is 57.7 Å². The smallest absolute Gasteiger partial charge is 0.254 e. The summed E-state index contributed by atoms with van der Waals surface area (Å²) < 4.78 is 6.37. The number of amides is 1. The van der Waals surface area contributed by atoms with Crippen molar-refractivity contribution in [3.63, 3.8) is 0 Å². The van der Waals surface area contributed by atoms with Crippen LogP contribution >= 0.6 is 11.3 Å². The lowest BCUT2D eigenvalue weighted by atomic mass is 9.86. The highest BCUT2D eigenvalue weighted by atomic mass is 32.1. The average molecular weight is 572 g/mol. The minimum atomic E-state index is -0.0503. The van der Waals surface area contributed by atoms with Gasteiger partial charge in [0.05, 0.1) is 12.2 Å². The van der Waals surface area contributed by atoms with Crippen molar-refractivity contribution < 1.29 is 14.6 Å². The molecule has 4 aromatic rings. The number of benzene rings is 2. The molecule has 8 nitrogen and oxygen atoms in total. The summed E-state index contributed by atoms with van der Waals surface area (Å²) in [6, 6.07) is 12.0. The third-order valence-electron chi connectivity index (χ3n) is 8.67. The minimum Gasteiger partial charge on any atom is -0.488 e. The van der Waals surface area contributed by atoms with Gasteiger partial charge in [-0.15, -0.1) is 11.3 Å². The van der Waals surface area contributed by atoms with Crippen LogP contribution in [0.15, 0.2) is 54.2 Å². The third kappa shape index (κ3) is 5.74. The second-order valence-corrected chi connectivity index (χ2v) is 12.3. The van der Waals surface area contributed by atoms with E-state index in [1.165, 1.54) is 12.8 Å². The predicted molar refractivity (Wildman–Crippen MR) is 161 cm³/mol. The van der Waals surface area contributed by atoms with E-state index in [1.807, 2.05) is 31.2 Å². The maximum absolute atomic E-state index is 13.0. The van der Waals surface area contributed by atoms with Crippen LogP contribution in [-0.4, -0.2) is 57.6 Å². The SMILES string of the molecule is Cc1ccc(OCc2ccc(C(=O)N(C)Cc3ncc[nH]3)cc2C)c(-c2csc(N3C[C@H]4CC[C@@H](C3)C4CO)n2)c1. The van der Waals surface area contributed by atoms with Gasteiger partial charge in [0, 0.05) is 55.6 Å². The van der Waals surface area contributed by atoms with E-state index >= 15 is 0 Å². The number of nitrogens with one attached hydrogen (secondary N) is 1. The Hall–Kier alpha value is -3.69. The topological polar surface area (TPSA) is 94.6 Å². The van der Waals surface area contributed by atoms with Gasteiger partial charge in [0.2, 0.25) is 0 Å². The Bertz CT molecular complexity index is 1500. The molecule has 0 radical (unpaired) electrons. The lowest BCUT2D eigenvalue weighted by molar-refractivity contribution is 0.0781. The zero-order valence-electron chi connectivity index (χ0n) is 23.8. The molecule has 3 atom stereocenters. The quantitative estimate of drug-likeness (QED) is 0.277. The number of ether oxygens (including phenoxy) is 1. The van der Waals surface area contributed by atoms with Crippen LogP contribution in [-0.2, 0) is 13.2 Å². The molecule has 6 rings (SSSR count). The molecule has 2 aliphatic rings. The number of carbonyl (C=O) groups is 1. The molecular formula is C32H37N5O3S. The van der Waals surface area contributed by atoms with E-state index in [9.17, 15) is 9.90 Å². The van der Waals surface area contributed by atoms with Crippen molar-refractivity contribution >= 4 is 22.4 Å². The summed E-state index contributed by atoms with van der Waals surface area (Å²) in [4.78, 5) is 29.3. The summed E-state index contributed by atoms with van der Waals surface area (Å²) in [5, 5.41) is 13.0. The molecule has 1 aliphatic carbocycles. The molecule has 1 amide bonds. The van der Waals surface area contributed by atoms with Gasteiger partial charge in [0.25, 0.3) is 5.91 Å². The Morgan fingerprint density at radius 1 is 1.17 bits per heavy atom. The molecule has 41 heavy (non-hydrogen) atoms. The molecule has 9 heteroatoms. The Balaban J connectivity index is 1.14. The second-order valence-electron chi connectivity index (χ2n) is 11.5. The third-order valence-corrected chi connectivity index (χ3v) is 9.58. The first-order valence-corrected chi connectivity index (χ1v) is 15.2. The zero-order valence-corrected chi connectivity index (χ0v) is 24.7. The number of nitrogens with zero attached hydrogens (tertiary/aromatic N) is 4. The number of hydrogen-bond acceptors (Lipinski definition) is 7. The summed E-state index contributed by atoms with van der Waals surface area (Å²) in [6.45, 7) is 7.17. The number of H-pyrrole nitrogens is 1. The van der Waals surface area contributed by atoms with Crippen LogP contribution < -0.4 is 9.64 Å². The number of aromatic amines is 1. The number of rotatable bonds is 9. The van der Waals surface area contributed by atoms with Crippen LogP contribution in [0.25, 0.3) is 11.3 Å². The van der Waals surface area contributed by atoms with Gasteiger partial charge in [-0.3, -0.25) is 4.79 Å². The van der Waals surface area contributed by atoms with Crippen LogP contribution in [0.1, 0.15) is 45.7 Å². The molecule has 2 aromatic carbocycles. The monoisotopic (exact) mass is 571 g/mol. The first kappa shape index (κ1) is 27.5. The van der Waals surface area contributed by atoms with Gasteiger partial charge in [-0.2, -0.15) is 0 Å². The number of aliphatic hydroxyl groups is 1. The fraction of sp³-hybridized carbons (Fsp3) is 0.406. The fourth-order valence-corrected chi connectivity index (χ4v) is 7.19. The van der Waals surface area contributed by atoms with Crippen LogP contribution in [0.5, 0.6) is 5.75 Å². The number of imidazole rings is 1. The van der Waals surface area contributed by atoms with Gasteiger partial charge < -0.3 is 24.6 Å². The lowest BCUT2D eigenvalue weighted by Crippen LogP contribution is -2.43. The molecule has 2 bridgehead atoms. The maximum atomic E-state index is 13.0. The lowest BCUT2D eigenvalue weighted by Gasteiger charge is -2.37. The molecule has 3 heterocycles. The number of carbonyl (C=O) groups excluding carboxylic acids is 1. The van der Waals surface area contributed by atoms with E-state index in [1.54, 1.807) is 35.7 Å². The molecule has 1 saturated carbocycles. The molecule has 2 aromatic heterocycles. The van der Waals surface area contributed by atoms with Gasteiger partial charge in [-0.25, -0.2) is 9.97 Å². The number of aromatic nitrogens is 3. The molecule has 1 saturated heterocycles. The Labute approximate surface area is 245 Å². The molecule has 0 spiro atoms. The first-order chi connectivity index (χ1) is 19.9. The van der Waals surface area contributed by atoms with Gasteiger partial charge in [-0.1, -0.05) is 17.7 Å². The average Bonchev–Trinajstić information content (AvgIpc) is 3.72. The minimum absolute atomic E-state index is 0.0503. The molecule has 2 N–H and O–H groups in total. The Morgan fingerprint density at radius 3 is 2.68 bits per heavy atom. The number of hydrogen-bond donors (Lipinski definition) is 2. The summed E-state index contributed by atoms with van der Waals surface area (Å²) in [6.07, 6.45) is 5.85. The van der Waals surface area contributed by atoms with Crippen LogP contribution in [0.2, 0.25) is 0 Å². The van der Waals surface area contributed by atoms with Crippen molar-refractivity contribution in [1.82, 2.24) is 19.9 Å². The first-order valence-electron chi connectivity index (χ1n) is 14.3. The number of aryl methyl sites for hydroxylation is 2. The summed E-state index contributed by atoms with van der Waals surface area (Å²) >= 11 is 1.69. The van der Waals surface area contributed by atoms with Crippen molar-refractivity contribution in [2.75, 3.05) is 31.6 Å².